The lowest BCUT2D eigenvalue weighted by Gasteiger charge is -2.25. The SMILES string of the molecule is [NH]c1cccc2c1NC(=O)C(CCO)O2. The number of hydrogen-bond donors (Lipinski definition) is 2. The van der Waals surface area contributed by atoms with Crippen LogP contribution in [0.25, 0.3) is 0 Å². The van der Waals surface area contributed by atoms with E-state index < -0.39 is 6.10 Å². The third-order valence-electron chi connectivity index (χ3n) is 2.23. The smallest absolute Gasteiger partial charge is 0.265 e. The zero-order chi connectivity index (χ0) is 10.8. The van der Waals surface area contributed by atoms with Crippen LogP contribution in [0.1, 0.15) is 6.42 Å². The summed E-state index contributed by atoms with van der Waals surface area (Å²) in [5.41, 5.74) is 8.19. The summed E-state index contributed by atoms with van der Waals surface area (Å²) in [5, 5.41) is 11.3. The minimum Gasteiger partial charge on any atom is -0.478 e. The molecular weight excluding hydrogens is 196 g/mol. The van der Waals surface area contributed by atoms with E-state index in [2.05, 4.69) is 5.32 Å². The number of nitrogens with one attached hydrogen (secondary N) is 2. The topological polar surface area (TPSA) is 82.4 Å². The van der Waals surface area contributed by atoms with Gasteiger partial charge in [0.1, 0.15) is 11.4 Å². The highest BCUT2D eigenvalue weighted by Crippen LogP contribution is 2.35. The Morgan fingerprint density at radius 2 is 2.33 bits per heavy atom. The van der Waals surface area contributed by atoms with Gasteiger partial charge in [0.05, 0.1) is 5.69 Å². The average molecular weight is 207 g/mol. The number of rotatable bonds is 2. The number of para-hydroxylation sites is 1. The highest BCUT2D eigenvalue weighted by atomic mass is 16.5. The van der Waals surface area contributed by atoms with Crippen LogP contribution >= 0.6 is 0 Å². The third kappa shape index (κ3) is 1.73. The van der Waals surface area contributed by atoms with Gasteiger partial charge in [0.25, 0.3) is 5.91 Å². The van der Waals surface area contributed by atoms with Crippen molar-refractivity contribution in [2.75, 3.05) is 11.9 Å². The van der Waals surface area contributed by atoms with Crippen molar-refractivity contribution in [2.45, 2.75) is 12.5 Å². The van der Waals surface area contributed by atoms with Crippen molar-refractivity contribution < 1.29 is 14.6 Å². The Hall–Kier alpha value is -1.75. The predicted molar refractivity (Wildman–Crippen MR) is 53.9 cm³/mol. The molecule has 0 spiro atoms. The van der Waals surface area contributed by atoms with Gasteiger partial charge in [-0.1, -0.05) is 6.07 Å². The van der Waals surface area contributed by atoms with E-state index in [1.807, 2.05) is 0 Å². The first-order chi connectivity index (χ1) is 7.22. The van der Waals surface area contributed by atoms with Gasteiger partial charge in [0, 0.05) is 13.0 Å². The molecule has 0 saturated carbocycles. The molecule has 1 amide bonds. The summed E-state index contributed by atoms with van der Waals surface area (Å²) >= 11 is 0. The minimum absolute atomic E-state index is 0.103. The van der Waals surface area contributed by atoms with Gasteiger partial charge in [-0.3, -0.25) is 10.5 Å². The highest BCUT2D eigenvalue weighted by molar-refractivity contribution is 6.00. The van der Waals surface area contributed by atoms with Crippen molar-refractivity contribution >= 4 is 17.3 Å². The molecule has 5 nitrogen and oxygen atoms in total. The van der Waals surface area contributed by atoms with Crippen LogP contribution in [-0.2, 0) is 4.79 Å². The van der Waals surface area contributed by atoms with E-state index >= 15 is 0 Å². The standard InChI is InChI=1S/C10H11N2O3/c11-6-2-1-3-7-9(6)12-10(14)8(15-7)4-5-13/h1-3,8,11,13H,4-5H2,(H,12,14). The molecule has 1 aromatic carbocycles. The molecule has 1 aliphatic heterocycles. The van der Waals surface area contributed by atoms with E-state index in [9.17, 15) is 4.79 Å². The number of fused-ring (bicyclic) bond motifs is 1. The lowest BCUT2D eigenvalue weighted by atomic mass is 10.1. The third-order valence-corrected chi connectivity index (χ3v) is 2.23. The van der Waals surface area contributed by atoms with Crippen molar-refractivity contribution in [1.82, 2.24) is 5.73 Å². The van der Waals surface area contributed by atoms with Crippen molar-refractivity contribution in [3.05, 3.63) is 18.2 Å². The molecule has 1 aliphatic rings. The molecule has 0 saturated heterocycles. The number of hydrogen-bond acceptors (Lipinski definition) is 3. The van der Waals surface area contributed by atoms with E-state index in [4.69, 9.17) is 15.6 Å². The first-order valence-electron chi connectivity index (χ1n) is 4.65. The highest BCUT2D eigenvalue weighted by Gasteiger charge is 2.28. The molecular formula is C10H11N2O3. The predicted octanol–water partition coefficient (Wildman–Crippen LogP) is 0.683. The molecule has 1 aromatic rings. The van der Waals surface area contributed by atoms with Crippen molar-refractivity contribution in [3.8, 4) is 5.75 Å². The Morgan fingerprint density at radius 1 is 1.53 bits per heavy atom. The van der Waals surface area contributed by atoms with Crippen LogP contribution in [-0.4, -0.2) is 23.7 Å². The lowest BCUT2D eigenvalue weighted by Crippen LogP contribution is -2.37. The first-order valence-corrected chi connectivity index (χ1v) is 4.65. The Labute approximate surface area is 86.8 Å². The van der Waals surface area contributed by atoms with E-state index in [-0.39, 0.29) is 24.6 Å². The number of carbonyl (C=O) groups excluding carboxylic acids is 1. The molecule has 1 heterocycles. The number of anilines is 1. The molecule has 2 rings (SSSR count). The van der Waals surface area contributed by atoms with Gasteiger partial charge in [0.2, 0.25) is 0 Å². The normalized spacial score (nSPS) is 19.0. The Bertz CT molecular complexity index is 392. The molecule has 79 valence electrons. The summed E-state index contributed by atoms with van der Waals surface area (Å²) in [7, 11) is 0. The zero-order valence-electron chi connectivity index (χ0n) is 7.99. The van der Waals surface area contributed by atoms with Gasteiger partial charge >= 0.3 is 0 Å². The molecule has 0 aliphatic carbocycles. The number of ether oxygens (including phenoxy) is 1. The number of carbonyl (C=O) groups is 1. The van der Waals surface area contributed by atoms with E-state index in [0.29, 0.717) is 11.4 Å². The Kier molecular flexibility index (Phi) is 2.47. The van der Waals surface area contributed by atoms with E-state index in [1.165, 1.54) is 0 Å². The molecule has 15 heavy (non-hydrogen) atoms. The molecule has 0 fully saturated rings. The molecule has 0 bridgehead atoms. The fourth-order valence-electron chi connectivity index (χ4n) is 1.48. The summed E-state index contributed by atoms with van der Waals surface area (Å²) < 4.78 is 5.37. The maximum absolute atomic E-state index is 11.5. The zero-order valence-corrected chi connectivity index (χ0v) is 7.99. The lowest BCUT2D eigenvalue weighted by molar-refractivity contribution is -0.124. The number of aliphatic hydroxyl groups is 1. The summed E-state index contributed by atoms with van der Waals surface area (Å²) in [6.45, 7) is -0.103. The van der Waals surface area contributed by atoms with Gasteiger partial charge < -0.3 is 15.2 Å². The fourth-order valence-corrected chi connectivity index (χ4v) is 1.48. The van der Waals surface area contributed by atoms with Crippen LogP contribution in [0.15, 0.2) is 18.2 Å². The maximum atomic E-state index is 11.5. The molecule has 0 aromatic heterocycles. The summed E-state index contributed by atoms with van der Waals surface area (Å²) in [6, 6.07) is 4.96. The molecule has 1 unspecified atom stereocenters. The Balaban J connectivity index is 2.30. The number of amides is 1. The van der Waals surface area contributed by atoms with Gasteiger partial charge in [0.15, 0.2) is 6.10 Å². The summed E-state index contributed by atoms with van der Waals surface area (Å²) in [5.74, 6) is 0.178. The monoisotopic (exact) mass is 207 g/mol. The van der Waals surface area contributed by atoms with Gasteiger partial charge in [-0.15, -0.1) is 0 Å². The Morgan fingerprint density at radius 3 is 3.07 bits per heavy atom. The van der Waals surface area contributed by atoms with E-state index in [1.54, 1.807) is 18.2 Å². The van der Waals surface area contributed by atoms with Crippen LogP contribution in [0.5, 0.6) is 5.75 Å². The fraction of sp³-hybridized carbons (Fsp3) is 0.300. The summed E-state index contributed by atoms with van der Waals surface area (Å²) in [6.07, 6.45) is -0.405. The van der Waals surface area contributed by atoms with Crippen LogP contribution in [0.2, 0.25) is 0 Å². The maximum Gasteiger partial charge on any atom is 0.265 e. The minimum atomic E-state index is -0.663. The molecule has 5 heteroatoms. The first kappa shape index (κ1) is 9.79. The van der Waals surface area contributed by atoms with Gasteiger partial charge in [-0.25, -0.2) is 0 Å². The molecule has 3 N–H and O–H groups in total. The number of aliphatic hydroxyl groups excluding tert-OH is 1. The van der Waals surface area contributed by atoms with Crippen LogP contribution < -0.4 is 15.8 Å². The summed E-state index contributed by atoms with van der Waals surface area (Å²) in [4.78, 5) is 11.5. The second-order valence-corrected chi connectivity index (χ2v) is 3.29. The van der Waals surface area contributed by atoms with E-state index in [0.717, 1.165) is 0 Å². The van der Waals surface area contributed by atoms with Crippen LogP contribution in [0, 0.1) is 0 Å². The van der Waals surface area contributed by atoms with Crippen molar-refractivity contribution in [2.24, 2.45) is 0 Å². The average Bonchev–Trinajstić information content (AvgIpc) is 2.21. The number of benzene rings is 1. The molecule has 1 atom stereocenters. The van der Waals surface area contributed by atoms with Crippen molar-refractivity contribution in [3.63, 3.8) is 0 Å². The van der Waals surface area contributed by atoms with Gasteiger partial charge in [-0.05, 0) is 12.1 Å². The second kappa shape index (κ2) is 3.78. The van der Waals surface area contributed by atoms with Crippen LogP contribution in [0.4, 0.5) is 11.4 Å². The van der Waals surface area contributed by atoms with Crippen molar-refractivity contribution in [1.29, 1.82) is 0 Å². The van der Waals surface area contributed by atoms with Gasteiger partial charge in [-0.2, -0.15) is 0 Å². The quantitative estimate of drug-likeness (QED) is 0.748. The second-order valence-electron chi connectivity index (χ2n) is 3.29. The molecule has 1 radical (unpaired) electrons. The van der Waals surface area contributed by atoms with Crippen LogP contribution in [0.3, 0.4) is 0 Å². The largest absolute Gasteiger partial charge is 0.478 e.